The number of nitrogens with one attached hydrogen (secondary N) is 1. The van der Waals surface area contributed by atoms with E-state index in [1.54, 1.807) is 0 Å². The summed E-state index contributed by atoms with van der Waals surface area (Å²) >= 11 is 0. The predicted molar refractivity (Wildman–Crippen MR) is 82.2 cm³/mol. The third-order valence-electron chi connectivity index (χ3n) is 3.42. The Kier molecular flexibility index (Phi) is 4.12. The number of para-hydroxylation sites is 1. The Morgan fingerprint density at radius 2 is 1.95 bits per heavy atom. The standard InChI is InChI=1S/C16H19N5/c1-20-12-10-18-16(20)7-9-17-13-14-8-11-21(19-14)15-5-3-2-4-6-15/h2-6,8,10-12,17H,7,9,13H2,1H3. The average molecular weight is 281 g/mol. The molecule has 3 aromatic rings. The molecule has 21 heavy (non-hydrogen) atoms. The van der Waals surface area contributed by atoms with Crippen LogP contribution in [-0.4, -0.2) is 25.9 Å². The van der Waals surface area contributed by atoms with Crippen LogP contribution < -0.4 is 5.32 Å². The van der Waals surface area contributed by atoms with E-state index in [-0.39, 0.29) is 0 Å². The second-order valence-electron chi connectivity index (χ2n) is 4.97. The Balaban J connectivity index is 1.50. The van der Waals surface area contributed by atoms with Crippen LogP contribution in [0.5, 0.6) is 0 Å². The van der Waals surface area contributed by atoms with Crippen molar-refractivity contribution in [3.8, 4) is 5.69 Å². The summed E-state index contributed by atoms with van der Waals surface area (Å²) < 4.78 is 3.95. The Morgan fingerprint density at radius 3 is 2.71 bits per heavy atom. The lowest BCUT2D eigenvalue weighted by Gasteiger charge is -2.03. The lowest BCUT2D eigenvalue weighted by Crippen LogP contribution is -2.18. The van der Waals surface area contributed by atoms with E-state index >= 15 is 0 Å². The number of imidazole rings is 1. The van der Waals surface area contributed by atoms with Gasteiger partial charge < -0.3 is 9.88 Å². The molecule has 1 aromatic carbocycles. The maximum atomic E-state index is 4.57. The highest BCUT2D eigenvalue weighted by Crippen LogP contribution is 2.06. The molecule has 0 saturated carbocycles. The summed E-state index contributed by atoms with van der Waals surface area (Å²) in [7, 11) is 2.02. The number of aromatic nitrogens is 4. The van der Waals surface area contributed by atoms with Crippen LogP contribution in [-0.2, 0) is 20.0 Å². The molecule has 0 amide bonds. The molecule has 108 valence electrons. The molecule has 0 unspecified atom stereocenters. The molecule has 0 fully saturated rings. The van der Waals surface area contributed by atoms with Gasteiger partial charge in [-0.05, 0) is 18.2 Å². The summed E-state index contributed by atoms with van der Waals surface area (Å²) in [4.78, 5) is 4.31. The molecule has 0 atom stereocenters. The van der Waals surface area contributed by atoms with Crippen molar-refractivity contribution in [1.29, 1.82) is 0 Å². The van der Waals surface area contributed by atoms with Crippen LogP contribution in [0.25, 0.3) is 5.69 Å². The van der Waals surface area contributed by atoms with Gasteiger partial charge in [0.25, 0.3) is 0 Å². The minimum atomic E-state index is 0.768. The first-order valence-electron chi connectivity index (χ1n) is 7.10. The minimum absolute atomic E-state index is 0.768. The van der Waals surface area contributed by atoms with Gasteiger partial charge >= 0.3 is 0 Å². The second kappa shape index (κ2) is 6.37. The summed E-state index contributed by atoms with van der Waals surface area (Å²) in [5.41, 5.74) is 2.12. The Labute approximate surface area is 124 Å². The van der Waals surface area contributed by atoms with Gasteiger partial charge in [-0.1, -0.05) is 18.2 Å². The maximum Gasteiger partial charge on any atom is 0.109 e. The van der Waals surface area contributed by atoms with Crippen LogP contribution in [0.1, 0.15) is 11.5 Å². The summed E-state index contributed by atoms with van der Waals surface area (Å²) in [5, 5.41) is 7.97. The first-order chi connectivity index (χ1) is 10.3. The molecule has 0 spiro atoms. The minimum Gasteiger partial charge on any atom is -0.338 e. The van der Waals surface area contributed by atoms with Crippen LogP contribution >= 0.6 is 0 Å². The van der Waals surface area contributed by atoms with Crippen LogP contribution in [0, 0.1) is 0 Å². The molecule has 0 bridgehead atoms. The van der Waals surface area contributed by atoms with Crippen molar-refractivity contribution in [3.05, 3.63) is 66.5 Å². The van der Waals surface area contributed by atoms with E-state index in [0.29, 0.717) is 0 Å². The summed E-state index contributed by atoms with van der Waals surface area (Å²) in [6.07, 6.45) is 6.71. The van der Waals surface area contributed by atoms with Gasteiger partial charge in [0.15, 0.2) is 0 Å². The van der Waals surface area contributed by atoms with E-state index in [1.165, 1.54) is 0 Å². The Hall–Kier alpha value is -2.40. The van der Waals surface area contributed by atoms with Crippen molar-refractivity contribution in [2.75, 3.05) is 6.54 Å². The molecule has 2 aromatic heterocycles. The highest BCUT2D eigenvalue weighted by Gasteiger charge is 2.02. The fourth-order valence-corrected chi connectivity index (χ4v) is 2.23. The molecule has 2 heterocycles. The highest BCUT2D eigenvalue weighted by atomic mass is 15.3. The number of rotatable bonds is 6. The molecule has 0 aliphatic carbocycles. The number of benzene rings is 1. The van der Waals surface area contributed by atoms with Crippen molar-refractivity contribution in [2.45, 2.75) is 13.0 Å². The smallest absolute Gasteiger partial charge is 0.109 e. The van der Waals surface area contributed by atoms with Crippen molar-refractivity contribution in [3.63, 3.8) is 0 Å². The second-order valence-corrected chi connectivity index (χ2v) is 4.97. The quantitative estimate of drug-likeness (QED) is 0.702. The molecule has 1 N–H and O–H groups in total. The molecule has 5 heteroatoms. The molecule has 3 rings (SSSR count). The SMILES string of the molecule is Cn1ccnc1CCNCc1ccn(-c2ccccc2)n1. The van der Waals surface area contributed by atoms with Gasteiger partial charge in [0.2, 0.25) is 0 Å². The number of hydrogen-bond acceptors (Lipinski definition) is 3. The molecule has 0 aliphatic rings. The van der Waals surface area contributed by atoms with Crippen molar-refractivity contribution >= 4 is 0 Å². The molecule has 0 saturated heterocycles. The fourth-order valence-electron chi connectivity index (χ4n) is 2.23. The topological polar surface area (TPSA) is 47.7 Å². The fraction of sp³-hybridized carbons (Fsp3) is 0.250. The third-order valence-corrected chi connectivity index (χ3v) is 3.42. The van der Waals surface area contributed by atoms with Gasteiger partial charge in [0.1, 0.15) is 5.82 Å². The van der Waals surface area contributed by atoms with E-state index < -0.39 is 0 Å². The summed E-state index contributed by atoms with van der Waals surface area (Å²) in [6.45, 7) is 1.66. The lowest BCUT2D eigenvalue weighted by atomic mass is 10.3. The zero-order chi connectivity index (χ0) is 14.5. The highest BCUT2D eigenvalue weighted by molar-refractivity contribution is 5.30. The van der Waals surface area contributed by atoms with Crippen LogP contribution in [0.4, 0.5) is 0 Å². The number of aryl methyl sites for hydroxylation is 1. The summed E-state index contributed by atoms with van der Waals surface area (Å²) in [5.74, 6) is 1.09. The van der Waals surface area contributed by atoms with Crippen molar-refractivity contribution < 1.29 is 0 Å². The van der Waals surface area contributed by atoms with E-state index in [2.05, 4.69) is 15.4 Å². The van der Waals surface area contributed by atoms with E-state index in [4.69, 9.17) is 0 Å². The molecule has 0 radical (unpaired) electrons. The zero-order valence-electron chi connectivity index (χ0n) is 12.1. The molecule has 0 aliphatic heterocycles. The van der Waals surface area contributed by atoms with Gasteiger partial charge in [0, 0.05) is 45.1 Å². The molecular formula is C16H19N5. The van der Waals surface area contributed by atoms with Gasteiger partial charge in [0.05, 0.1) is 11.4 Å². The predicted octanol–water partition coefficient (Wildman–Crippen LogP) is 1.94. The van der Waals surface area contributed by atoms with Gasteiger partial charge in [-0.2, -0.15) is 5.10 Å². The van der Waals surface area contributed by atoms with Crippen LogP contribution in [0.3, 0.4) is 0 Å². The Morgan fingerprint density at radius 1 is 1.10 bits per heavy atom. The van der Waals surface area contributed by atoms with Crippen molar-refractivity contribution in [2.24, 2.45) is 7.05 Å². The first-order valence-corrected chi connectivity index (χ1v) is 7.10. The van der Waals surface area contributed by atoms with Gasteiger partial charge in [-0.15, -0.1) is 0 Å². The normalized spacial score (nSPS) is 10.9. The molecular weight excluding hydrogens is 262 g/mol. The monoisotopic (exact) mass is 281 g/mol. The average Bonchev–Trinajstić information content (AvgIpc) is 3.14. The van der Waals surface area contributed by atoms with Gasteiger partial charge in [-0.3, -0.25) is 0 Å². The number of nitrogens with zero attached hydrogens (tertiary/aromatic N) is 4. The van der Waals surface area contributed by atoms with Crippen LogP contribution in [0.2, 0.25) is 0 Å². The first kappa shape index (κ1) is 13.6. The Bertz CT molecular complexity index is 684. The van der Waals surface area contributed by atoms with Crippen molar-refractivity contribution in [1.82, 2.24) is 24.6 Å². The number of hydrogen-bond donors (Lipinski definition) is 1. The van der Waals surface area contributed by atoms with E-state index in [0.717, 1.165) is 36.7 Å². The maximum absolute atomic E-state index is 4.57. The molecule has 5 nitrogen and oxygen atoms in total. The largest absolute Gasteiger partial charge is 0.338 e. The summed E-state index contributed by atoms with van der Waals surface area (Å²) in [6, 6.07) is 12.2. The lowest BCUT2D eigenvalue weighted by molar-refractivity contribution is 0.641. The van der Waals surface area contributed by atoms with Crippen LogP contribution in [0.15, 0.2) is 55.0 Å². The van der Waals surface area contributed by atoms with Gasteiger partial charge in [-0.25, -0.2) is 9.67 Å². The van der Waals surface area contributed by atoms with E-state index in [1.807, 2.05) is 71.3 Å². The third kappa shape index (κ3) is 3.38. The zero-order valence-corrected chi connectivity index (χ0v) is 12.1. The van der Waals surface area contributed by atoms with E-state index in [9.17, 15) is 0 Å².